The van der Waals surface area contributed by atoms with E-state index in [0.717, 1.165) is 12.0 Å². The summed E-state index contributed by atoms with van der Waals surface area (Å²) in [6, 6.07) is 6.81. The summed E-state index contributed by atoms with van der Waals surface area (Å²) in [5.41, 5.74) is 0.414. The molecule has 18 heavy (non-hydrogen) atoms. The molecule has 2 atom stereocenters. The van der Waals surface area contributed by atoms with Gasteiger partial charge in [0.15, 0.2) is 0 Å². The second-order valence-corrected chi connectivity index (χ2v) is 5.91. The molecule has 1 aromatic carbocycles. The van der Waals surface area contributed by atoms with Gasteiger partial charge in [0.2, 0.25) is 0 Å². The van der Waals surface area contributed by atoms with Gasteiger partial charge >= 0.3 is 0 Å². The lowest BCUT2D eigenvalue weighted by molar-refractivity contribution is 0.0820. The van der Waals surface area contributed by atoms with Crippen molar-refractivity contribution in [2.24, 2.45) is 0 Å². The molecule has 102 valence electrons. The Balaban J connectivity index is 2.37. The number of halogens is 1. The molecule has 0 aromatic heterocycles. The number of hydrogen-bond donors (Lipinski definition) is 2. The Morgan fingerprint density at radius 3 is 2.56 bits per heavy atom. The molecule has 0 fully saturated rings. The number of hydrogen-bond acceptors (Lipinski definition) is 3. The van der Waals surface area contributed by atoms with Gasteiger partial charge in [0.1, 0.15) is 5.82 Å². The SMILES string of the molecule is CSCC(C)(O)CNC(C)Cc1ccc(F)cc1. The Morgan fingerprint density at radius 1 is 1.39 bits per heavy atom. The Bertz CT molecular complexity index is 353. The molecule has 0 amide bonds. The first-order chi connectivity index (χ1) is 8.43. The fourth-order valence-corrected chi connectivity index (χ4v) is 2.53. The van der Waals surface area contributed by atoms with Gasteiger partial charge in [-0.2, -0.15) is 11.8 Å². The Morgan fingerprint density at radius 2 is 2.00 bits per heavy atom. The number of rotatable bonds is 7. The van der Waals surface area contributed by atoms with Crippen LogP contribution < -0.4 is 5.32 Å². The maximum absolute atomic E-state index is 12.8. The van der Waals surface area contributed by atoms with Crippen molar-refractivity contribution in [1.29, 1.82) is 0 Å². The van der Waals surface area contributed by atoms with Gasteiger partial charge in [-0.25, -0.2) is 4.39 Å². The molecule has 0 aliphatic carbocycles. The van der Waals surface area contributed by atoms with Crippen LogP contribution in [0.25, 0.3) is 0 Å². The highest BCUT2D eigenvalue weighted by atomic mass is 32.2. The van der Waals surface area contributed by atoms with Crippen molar-refractivity contribution in [2.75, 3.05) is 18.6 Å². The quantitative estimate of drug-likeness (QED) is 0.799. The van der Waals surface area contributed by atoms with Crippen LogP contribution in [0, 0.1) is 5.82 Å². The molecule has 0 radical (unpaired) electrons. The number of thioether (sulfide) groups is 1. The summed E-state index contributed by atoms with van der Waals surface area (Å²) >= 11 is 1.63. The van der Waals surface area contributed by atoms with E-state index in [1.165, 1.54) is 12.1 Å². The number of nitrogens with one attached hydrogen (secondary N) is 1. The van der Waals surface area contributed by atoms with Gasteiger partial charge in [-0.1, -0.05) is 12.1 Å². The topological polar surface area (TPSA) is 32.3 Å². The fourth-order valence-electron chi connectivity index (χ4n) is 1.80. The van der Waals surface area contributed by atoms with Gasteiger partial charge < -0.3 is 10.4 Å². The van der Waals surface area contributed by atoms with Crippen molar-refractivity contribution in [3.8, 4) is 0 Å². The van der Waals surface area contributed by atoms with Gasteiger partial charge in [0.25, 0.3) is 0 Å². The van der Waals surface area contributed by atoms with Gasteiger partial charge in [-0.05, 0) is 44.2 Å². The van der Waals surface area contributed by atoms with Crippen LogP contribution >= 0.6 is 11.8 Å². The van der Waals surface area contributed by atoms with E-state index < -0.39 is 5.60 Å². The molecule has 1 rings (SSSR count). The van der Waals surface area contributed by atoms with Crippen LogP contribution in [0.15, 0.2) is 24.3 Å². The van der Waals surface area contributed by atoms with E-state index >= 15 is 0 Å². The first-order valence-electron chi connectivity index (χ1n) is 6.12. The largest absolute Gasteiger partial charge is 0.388 e. The lowest BCUT2D eigenvalue weighted by Gasteiger charge is -2.25. The predicted molar refractivity (Wildman–Crippen MR) is 76.6 cm³/mol. The molecule has 0 bridgehead atoms. The standard InChI is InChI=1S/C14H22FNOS/c1-11(16-9-14(2,17)10-18-3)8-12-4-6-13(15)7-5-12/h4-7,11,16-17H,8-10H2,1-3H3. The predicted octanol–water partition coefficient (Wildman–Crippen LogP) is 2.46. The maximum atomic E-state index is 12.8. The molecule has 2 unspecified atom stereocenters. The molecule has 0 aliphatic heterocycles. The summed E-state index contributed by atoms with van der Waals surface area (Å²) in [7, 11) is 0. The first-order valence-corrected chi connectivity index (χ1v) is 7.51. The van der Waals surface area contributed by atoms with E-state index in [1.807, 2.05) is 13.2 Å². The van der Waals surface area contributed by atoms with E-state index in [2.05, 4.69) is 12.2 Å². The Kier molecular flexibility index (Phi) is 6.12. The molecule has 0 aliphatic rings. The third-order valence-electron chi connectivity index (χ3n) is 2.74. The van der Waals surface area contributed by atoms with Gasteiger partial charge in [-0.15, -0.1) is 0 Å². The van der Waals surface area contributed by atoms with Gasteiger partial charge in [0, 0.05) is 18.3 Å². The van der Waals surface area contributed by atoms with E-state index in [4.69, 9.17) is 0 Å². The summed E-state index contributed by atoms with van der Waals surface area (Å²) in [6.07, 6.45) is 2.81. The van der Waals surface area contributed by atoms with Gasteiger partial charge in [-0.3, -0.25) is 0 Å². The second kappa shape index (κ2) is 7.12. The highest BCUT2D eigenvalue weighted by molar-refractivity contribution is 7.98. The molecule has 0 saturated carbocycles. The van der Waals surface area contributed by atoms with Crippen LogP contribution in [0.3, 0.4) is 0 Å². The lowest BCUT2D eigenvalue weighted by atomic mass is 10.1. The zero-order valence-corrected chi connectivity index (χ0v) is 12.1. The van der Waals surface area contributed by atoms with Gasteiger partial charge in [0.05, 0.1) is 5.60 Å². The first kappa shape index (κ1) is 15.5. The molecule has 2 nitrogen and oxygen atoms in total. The minimum atomic E-state index is -0.684. The zero-order chi connectivity index (χ0) is 13.6. The minimum absolute atomic E-state index is 0.206. The molecule has 2 N–H and O–H groups in total. The van der Waals surface area contributed by atoms with Crippen LogP contribution in [-0.2, 0) is 6.42 Å². The highest BCUT2D eigenvalue weighted by Gasteiger charge is 2.19. The smallest absolute Gasteiger partial charge is 0.123 e. The average Bonchev–Trinajstić information content (AvgIpc) is 2.30. The summed E-state index contributed by atoms with van der Waals surface area (Å²) in [4.78, 5) is 0. The third kappa shape index (κ3) is 5.85. The van der Waals surface area contributed by atoms with Crippen molar-refractivity contribution in [2.45, 2.75) is 31.9 Å². The lowest BCUT2D eigenvalue weighted by Crippen LogP contribution is -2.43. The van der Waals surface area contributed by atoms with Crippen LogP contribution in [-0.4, -0.2) is 35.3 Å². The average molecular weight is 271 g/mol. The van der Waals surface area contributed by atoms with Crippen molar-refractivity contribution in [1.82, 2.24) is 5.32 Å². The summed E-state index contributed by atoms with van der Waals surface area (Å²) in [5.74, 6) is 0.505. The summed E-state index contributed by atoms with van der Waals surface area (Å²) in [5, 5.41) is 13.3. The van der Waals surface area contributed by atoms with Crippen LogP contribution in [0.4, 0.5) is 4.39 Å². The number of benzene rings is 1. The van der Waals surface area contributed by atoms with E-state index in [-0.39, 0.29) is 11.9 Å². The van der Waals surface area contributed by atoms with Crippen LogP contribution in [0.2, 0.25) is 0 Å². The molecule has 0 heterocycles. The molecule has 1 aromatic rings. The molecule has 0 saturated heterocycles. The minimum Gasteiger partial charge on any atom is -0.388 e. The zero-order valence-electron chi connectivity index (χ0n) is 11.2. The molecular weight excluding hydrogens is 249 g/mol. The molecular formula is C14H22FNOS. The Hall–Kier alpha value is -0.580. The van der Waals surface area contributed by atoms with Crippen molar-refractivity contribution in [3.05, 3.63) is 35.6 Å². The van der Waals surface area contributed by atoms with Crippen LogP contribution in [0.1, 0.15) is 19.4 Å². The van der Waals surface area contributed by atoms with E-state index in [1.54, 1.807) is 23.9 Å². The monoisotopic (exact) mass is 271 g/mol. The van der Waals surface area contributed by atoms with E-state index in [0.29, 0.717) is 12.3 Å². The van der Waals surface area contributed by atoms with Crippen molar-refractivity contribution >= 4 is 11.8 Å². The molecule has 0 spiro atoms. The van der Waals surface area contributed by atoms with E-state index in [9.17, 15) is 9.50 Å². The highest BCUT2D eigenvalue weighted by Crippen LogP contribution is 2.10. The second-order valence-electron chi connectivity index (χ2n) is 5.04. The normalized spacial score (nSPS) is 16.3. The van der Waals surface area contributed by atoms with Crippen molar-refractivity contribution < 1.29 is 9.50 Å². The molecule has 4 heteroatoms. The van der Waals surface area contributed by atoms with Crippen molar-refractivity contribution in [3.63, 3.8) is 0 Å². The fraction of sp³-hybridized carbons (Fsp3) is 0.571. The van der Waals surface area contributed by atoms with Crippen LogP contribution in [0.5, 0.6) is 0 Å². The summed E-state index contributed by atoms with van der Waals surface area (Å²) in [6.45, 7) is 4.47. The summed E-state index contributed by atoms with van der Waals surface area (Å²) < 4.78 is 12.8. The number of aliphatic hydroxyl groups is 1. The Labute approximate surface area is 113 Å². The maximum Gasteiger partial charge on any atom is 0.123 e. The third-order valence-corrected chi connectivity index (χ3v) is 3.65.